The minimum absolute atomic E-state index is 0.0248. The Morgan fingerprint density at radius 1 is 1.50 bits per heavy atom. The number of anilines is 1. The third-order valence-corrected chi connectivity index (χ3v) is 1.59. The van der Waals surface area contributed by atoms with Crippen LogP contribution < -0.4 is 5.73 Å². The Bertz CT molecular complexity index is 378. The second-order valence-corrected chi connectivity index (χ2v) is 2.60. The van der Waals surface area contributed by atoms with E-state index >= 15 is 0 Å². The largest absolute Gasteiger partial charge is 0.418 e. The Balaban J connectivity index is 3.23. The van der Waals surface area contributed by atoms with Gasteiger partial charge < -0.3 is 5.73 Å². The topological polar surface area (TPSA) is 62.7 Å². The predicted octanol–water partition coefficient (Wildman–Crippen LogP) is 1.75. The third-order valence-electron chi connectivity index (χ3n) is 1.59. The molecule has 0 amide bonds. The zero-order valence-corrected chi connectivity index (χ0v) is 6.97. The molecule has 0 aliphatic rings. The van der Waals surface area contributed by atoms with Crippen LogP contribution in [0, 0.1) is 11.3 Å². The first kappa shape index (κ1) is 10.3. The van der Waals surface area contributed by atoms with Gasteiger partial charge in [0.15, 0.2) is 0 Å². The third kappa shape index (κ3) is 2.13. The van der Waals surface area contributed by atoms with Crippen molar-refractivity contribution in [1.29, 1.82) is 5.26 Å². The van der Waals surface area contributed by atoms with E-state index < -0.39 is 11.7 Å². The molecule has 0 bridgehead atoms. The molecule has 0 aliphatic heterocycles. The first-order valence-electron chi connectivity index (χ1n) is 3.63. The van der Waals surface area contributed by atoms with Gasteiger partial charge in [0.2, 0.25) is 0 Å². The number of nitrogens with zero attached hydrogens (tertiary/aromatic N) is 2. The van der Waals surface area contributed by atoms with E-state index in [0.717, 1.165) is 6.07 Å². The number of aromatic nitrogens is 1. The lowest BCUT2D eigenvalue weighted by Crippen LogP contribution is -2.10. The number of alkyl halides is 3. The van der Waals surface area contributed by atoms with Gasteiger partial charge in [-0.1, -0.05) is 0 Å². The van der Waals surface area contributed by atoms with Gasteiger partial charge in [-0.15, -0.1) is 0 Å². The molecule has 0 saturated carbocycles. The number of nitrogen functional groups attached to an aromatic ring is 1. The molecule has 0 aromatic carbocycles. The van der Waals surface area contributed by atoms with Gasteiger partial charge in [-0.3, -0.25) is 0 Å². The highest BCUT2D eigenvalue weighted by Crippen LogP contribution is 2.32. The predicted molar refractivity (Wildman–Crippen MR) is 43.0 cm³/mol. The van der Waals surface area contributed by atoms with E-state index in [1.54, 1.807) is 6.07 Å². The summed E-state index contributed by atoms with van der Waals surface area (Å²) in [5.74, 6) is -0.0248. The smallest absolute Gasteiger partial charge is 0.384 e. The number of halogens is 3. The molecule has 0 fully saturated rings. The van der Waals surface area contributed by atoms with Crippen LogP contribution in [-0.4, -0.2) is 4.98 Å². The monoisotopic (exact) mass is 201 g/mol. The summed E-state index contributed by atoms with van der Waals surface area (Å²) in [6.07, 6.45) is -4.18. The number of hydrogen-bond donors (Lipinski definition) is 1. The molecule has 1 heterocycles. The maximum Gasteiger partial charge on any atom is 0.418 e. The van der Waals surface area contributed by atoms with Gasteiger partial charge >= 0.3 is 6.18 Å². The fourth-order valence-electron chi connectivity index (χ4n) is 1.00. The molecule has 1 aromatic rings. The molecule has 1 aromatic heterocycles. The summed E-state index contributed by atoms with van der Waals surface area (Å²) in [5.41, 5.74) is 4.16. The molecule has 0 aliphatic carbocycles. The van der Waals surface area contributed by atoms with E-state index in [-0.39, 0.29) is 17.8 Å². The highest BCUT2D eigenvalue weighted by Gasteiger charge is 2.33. The number of hydrogen-bond acceptors (Lipinski definition) is 3. The van der Waals surface area contributed by atoms with Crippen LogP contribution in [0.5, 0.6) is 0 Å². The number of rotatable bonds is 1. The Hall–Kier alpha value is -1.77. The van der Waals surface area contributed by atoms with Gasteiger partial charge in [0.25, 0.3) is 0 Å². The molecule has 0 spiro atoms. The van der Waals surface area contributed by atoms with E-state index in [0.29, 0.717) is 6.20 Å². The number of pyridine rings is 1. The first-order valence-corrected chi connectivity index (χ1v) is 3.63. The van der Waals surface area contributed by atoms with Crippen molar-refractivity contribution < 1.29 is 13.2 Å². The quantitative estimate of drug-likeness (QED) is 0.752. The van der Waals surface area contributed by atoms with Crippen molar-refractivity contribution in [2.45, 2.75) is 12.6 Å². The summed E-state index contributed by atoms with van der Waals surface area (Å²) in [5, 5.41) is 8.32. The molecule has 0 atom stereocenters. The molecule has 74 valence electrons. The SMILES string of the molecule is N#CCc1cc(N)ncc1C(F)(F)F. The average molecular weight is 201 g/mol. The van der Waals surface area contributed by atoms with E-state index in [9.17, 15) is 13.2 Å². The summed E-state index contributed by atoms with van der Waals surface area (Å²) in [4.78, 5) is 3.34. The Labute approximate surface area is 78.0 Å². The standard InChI is InChI=1S/C8H6F3N3/c9-8(10,11)6-4-14-7(13)3-5(6)1-2-12/h3-4H,1H2,(H2,13,14). The maximum atomic E-state index is 12.3. The highest BCUT2D eigenvalue weighted by molar-refractivity contribution is 5.39. The van der Waals surface area contributed by atoms with Crippen molar-refractivity contribution in [2.24, 2.45) is 0 Å². The van der Waals surface area contributed by atoms with Crippen LogP contribution >= 0.6 is 0 Å². The maximum absolute atomic E-state index is 12.3. The minimum atomic E-state index is -4.49. The fourth-order valence-corrected chi connectivity index (χ4v) is 1.00. The zero-order valence-electron chi connectivity index (χ0n) is 6.97. The molecular formula is C8H6F3N3. The van der Waals surface area contributed by atoms with Crippen LogP contribution in [0.2, 0.25) is 0 Å². The van der Waals surface area contributed by atoms with Crippen LogP contribution in [0.25, 0.3) is 0 Å². The normalized spacial score (nSPS) is 11.0. The van der Waals surface area contributed by atoms with Crippen molar-refractivity contribution in [2.75, 3.05) is 5.73 Å². The summed E-state index contributed by atoms with van der Waals surface area (Å²) < 4.78 is 36.9. The Morgan fingerprint density at radius 2 is 2.14 bits per heavy atom. The van der Waals surface area contributed by atoms with Gasteiger partial charge in [-0.05, 0) is 11.6 Å². The molecule has 0 unspecified atom stereocenters. The molecule has 6 heteroatoms. The van der Waals surface area contributed by atoms with Crippen LogP contribution in [-0.2, 0) is 12.6 Å². The van der Waals surface area contributed by atoms with Crippen molar-refractivity contribution >= 4 is 5.82 Å². The van der Waals surface area contributed by atoms with Crippen molar-refractivity contribution in [1.82, 2.24) is 4.98 Å². The lowest BCUT2D eigenvalue weighted by atomic mass is 10.1. The van der Waals surface area contributed by atoms with Gasteiger partial charge in [-0.2, -0.15) is 18.4 Å². The van der Waals surface area contributed by atoms with Gasteiger partial charge in [0, 0.05) is 6.20 Å². The molecule has 14 heavy (non-hydrogen) atoms. The van der Waals surface area contributed by atoms with E-state index in [4.69, 9.17) is 11.0 Å². The van der Waals surface area contributed by atoms with E-state index in [1.165, 1.54) is 0 Å². The van der Waals surface area contributed by atoms with Crippen LogP contribution in [0.4, 0.5) is 19.0 Å². The van der Waals surface area contributed by atoms with Crippen molar-refractivity contribution in [3.8, 4) is 6.07 Å². The summed E-state index contributed by atoms with van der Waals surface area (Å²) in [7, 11) is 0. The molecular weight excluding hydrogens is 195 g/mol. The lowest BCUT2D eigenvalue weighted by Gasteiger charge is -2.10. The second-order valence-electron chi connectivity index (χ2n) is 2.60. The van der Waals surface area contributed by atoms with Gasteiger partial charge in [-0.25, -0.2) is 4.98 Å². The van der Waals surface area contributed by atoms with E-state index in [2.05, 4.69) is 4.98 Å². The fraction of sp³-hybridized carbons (Fsp3) is 0.250. The second kappa shape index (κ2) is 3.54. The van der Waals surface area contributed by atoms with E-state index in [1.807, 2.05) is 0 Å². The first-order chi connectivity index (χ1) is 6.45. The molecule has 3 nitrogen and oxygen atoms in total. The van der Waals surface area contributed by atoms with Crippen LogP contribution in [0.3, 0.4) is 0 Å². The van der Waals surface area contributed by atoms with Crippen LogP contribution in [0.15, 0.2) is 12.3 Å². The summed E-state index contributed by atoms with van der Waals surface area (Å²) >= 11 is 0. The van der Waals surface area contributed by atoms with Crippen LogP contribution in [0.1, 0.15) is 11.1 Å². The molecule has 0 saturated heterocycles. The molecule has 2 N–H and O–H groups in total. The summed E-state index contributed by atoms with van der Waals surface area (Å²) in [6, 6.07) is 2.70. The molecule has 0 radical (unpaired) electrons. The number of nitrogens with two attached hydrogens (primary N) is 1. The Kier molecular flexibility index (Phi) is 2.60. The highest BCUT2D eigenvalue weighted by atomic mass is 19.4. The number of nitriles is 1. The molecule has 1 rings (SSSR count). The Morgan fingerprint density at radius 3 is 2.64 bits per heavy atom. The zero-order chi connectivity index (χ0) is 10.8. The lowest BCUT2D eigenvalue weighted by molar-refractivity contribution is -0.138. The average Bonchev–Trinajstić information content (AvgIpc) is 2.02. The minimum Gasteiger partial charge on any atom is -0.384 e. The van der Waals surface area contributed by atoms with Crippen molar-refractivity contribution in [3.05, 3.63) is 23.4 Å². The van der Waals surface area contributed by atoms with Crippen molar-refractivity contribution in [3.63, 3.8) is 0 Å². The summed E-state index contributed by atoms with van der Waals surface area (Å²) in [6.45, 7) is 0. The van der Waals surface area contributed by atoms with Gasteiger partial charge in [0.1, 0.15) is 5.82 Å². The van der Waals surface area contributed by atoms with Gasteiger partial charge in [0.05, 0.1) is 18.1 Å².